The first kappa shape index (κ1) is 14.1. The first-order chi connectivity index (χ1) is 9.16. The van der Waals surface area contributed by atoms with E-state index in [1.165, 1.54) is 0 Å². The summed E-state index contributed by atoms with van der Waals surface area (Å²) in [6.45, 7) is 0.646. The van der Waals surface area contributed by atoms with E-state index in [0.29, 0.717) is 16.6 Å². The quantitative estimate of drug-likeness (QED) is 0.618. The molecular formula is C14H12Br2N2O. The van der Waals surface area contributed by atoms with Gasteiger partial charge >= 0.3 is 0 Å². The minimum absolute atomic E-state index is 0.175. The lowest BCUT2D eigenvalue weighted by Gasteiger charge is -2.03. The summed E-state index contributed by atoms with van der Waals surface area (Å²) in [6.07, 6.45) is 1.59. The normalized spacial score (nSPS) is 10.8. The van der Waals surface area contributed by atoms with Crippen molar-refractivity contribution in [1.82, 2.24) is 5.43 Å². The standard InChI is InChI=1S/C14H12Br2N2O/c15-12-6-11(14(19)13(16)7-12)9-18-17-8-10-4-2-1-3-5-10/h1-7,9,17,19H,8H2/b18-9+. The molecule has 0 aliphatic rings. The molecule has 5 heteroatoms. The van der Waals surface area contributed by atoms with Crippen LogP contribution in [-0.4, -0.2) is 11.3 Å². The first-order valence-electron chi connectivity index (χ1n) is 5.64. The smallest absolute Gasteiger partial charge is 0.138 e. The predicted octanol–water partition coefficient (Wildman–Crippen LogP) is 4.04. The Kier molecular flexibility index (Phi) is 4.99. The van der Waals surface area contributed by atoms with Crippen LogP contribution in [0.5, 0.6) is 5.75 Å². The Morgan fingerprint density at radius 1 is 1.16 bits per heavy atom. The number of aromatic hydroxyl groups is 1. The highest BCUT2D eigenvalue weighted by Crippen LogP contribution is 2.30. The van der Waals surface area contributed by atoms with Crippen molar-refractivity contribution in [3.63, 3.8) is 0 Å². The van der Waals surface area contributed by atoms with Crippen LogP contribution in [0.1, 0.15) is 11.1 Å². The van der Waals surface area contributed by atoms with E-state index >= 15 is 0 Å². The second kappa shape index (κ2) is 6.73. The van der Waals surface area contributed by atoms with Crippen LogP contribution in [0.15, 0.2) is 56.5 Å². The topological polar surface area (TPSA) is 44.6 Å². The molecule has 0 bridgehead atoms. The third-order valence-electron chi connectivity index (χ3n) is 2.48. The van der Waals surface area contributed by atoms with Crippen LogP contribution in [0.25, 0.3) is 0 Å². The fraction of sp³-hybridized carbons (Fsp3) is 0.0714. The average Bonchev–Trinajstić information content (AvgIpc) is 2.41. The van der Waals surface area contributed by atoms with Crippen LogP contribution in [0.3, 0.4) is 0 Å². The van der Waals surface area contributed by atoms with Crippen molar-refractivity contribution in [3.05, 3.63) is 62.5 Å². The van der Waals surface area contributed by atoms with Crippen molar-refractivity contribution in [1.29, 1.82) is 0 Å². The molecule has 0 aliphatic heterocycles. The number of phenols is 1. The Labute approximate surface area is 128 Å². The predicted molar refractivity (Wildman–Crippen MR) is 84.4 cm³/mol. The number of halogens is 2. The number of hydrogen-bond acceptors (Lipinski definition) is 3. The van der Waals surface area contributed by atoms with Crippen LogP contribution in [0.2, 0.25) is 0 Å². The minimum atomic E-state index is 0.175. The summed E-state index contributed by atoms with van der Waals surface area (Å²) in [5.74, 6) is 0.175. The maximum absolute atomic E-state index is 9.85. The monoisotopic (exact) mass is 382 g/mol. The second-order valence-corrected chi connectivity index (χ2v) is 5.67. The van der Waals surface area contributed by atoms with Gasteiger partial charge in [-0.2, -0.15) is 5.10 Å². The van der Waals surface area contributed by atoms with Gasteiger partial charge in [-0.25, -0.2) is 0 Å². The van der Waals surface area contributed by atoms with Gasteiger partial charge < -0.3 is 10.5 Å². The van der Waals surface area contributed by atoms with E-state index in [0.717, 1.165) is 10.0 Å². The lowest BCUT2D eigenvalue weighted by molar-refractivity contribution is 0.471. The summed E-state index contributed by atoms with van der Waals surface area (Å²) < 4.78 is 1.51. The van der Waals surface area contributed by atoms with Crippen LogP contribution in [0, 0.1) is 0 Å². The van der Waals surface area contributed by atoms with Gasteiger partial charge in [0.25, 0.3) is 0 Å². The molecule has 0 aromatic heterocycles. The molecule has 19 heavy (non-hydrogen) atoms. The zero-order chi connectivity index (χ0) is 13.7. The minimum Gasteiger partial charge on any atom is -0.506 e. The molecule has 0 saturated carbocycles. The largest absolute Gasteiger partial charge is 0.506 e. The second-order valence-electron chi connectivity index (χ2n) is 3.90. The fourth-order valence-corrected chi connectivity index (χ4v) is 2.79. The van der Waals surface area contributed by atoms with E-state index in [2.05, 4.69) is 42.4 Å². The molecule has 2 aromatic rings. The number of benzene rings is 2. The zero-order valence-electron chi connectivity index (χ0n) is 9.98. The highest BCUT2D eigenvalue weighted by Gasteiger charge is 2.04. The van der Waals surface area contributed by atoms with Crippen molar-refractivity contribution < 1.29 is 5.11 Å². The van der Waals surface area contributed by atoms with Crippen LogP contribution >= 0.6 is 31.9 Å². The molecule has 2 N–H and O–H groups in total. The molecule has 0 spiro atoms. The number of phenolic OH excluding ortho intramolecular Hbond substituents is 1. The zero-order valence-corrected chi connectivity index (χ0v) is 13.1. The summed E-state index contributed by atoms with van der Waals surface area (Å²) in [5.41, 5.74) is 4.74. The third kappa shape index (κ3) is 4.08. The van der Waals surface area contributed by atoms with Crippen LogP contribution in [-0.2, 0) is 6.54 Å². The van der Waals surface area contributed by atoms with Gasteiger partial charge in [0, 0.05) is 10.0 Å². The lowest BCUT2D eigenvalue weighted by Crippen LogP contribution is -2.05. The Balaban J connectivity index is 2.00. The van der Waals surface area contributed by atoms with Gasteiger partial charge in [-0.15, -0.1) is 0 Å². The average molecular weight is 384 g/mol. The Morgan fingerprint density at radius 2 is 1.89 bits per heavy atom. The molecule has 0 atom stereocenters. The van der Waals surface area contributed by atoms with E-state index in [9.17, 15) is 5.11 Å². The van der Waals surface area contributed by atoms with Gasteiger partial charge in [0.05, 0.1) is 17.2 Å². The van der Waals surface area contributed by atoms with Gasteiger partial charge in [0.2, 0.25) is 0 Å². The van der Waals surface area contributed by atoms with Crippen LogP contribution in [0.4, 0.5) is 0 Å². The molecule has 3 nitrogen and oxygen atoms in total. The Hall–Kier alpha value is -1.33. The maximum atomic E-state index is 9.85. The van der Waals surface area contributed by atoms with Gasteiger partial charge in [-0.1, -0.05) is 46.3 Å². The van der Waals surface area contributed by atoms with Gasteiger partial charge in [-0.3, -0.25) is 0 Å². The number of nitrogens with one attached hydrogen (secondary N) is 1. The highest BCUT2D eigenvalue weighted by atomic mass is 79.9. The molecule has 0 amide bonds. The molecule has 2 rings (SSSR count). The Morgan fingerprint density at radius 3 is 2.63 bits per heavy atom. The van der Waals surface area contributed by atoms with Crippen molar-refractivity contribution in [2.45, 2.75) is 6.54 Å². The lowest BCUT2D eigenvalue weighted by atomic mass is 10.2. The number of hydrazone groups is 1. The molecule has 0 saturated heterocycles. The van der Waals surface area contributed by atoms with E-state index in [-0.39, 0.29) is 5.75 Å². The number of hydrogen-bond donors (Lipinski definition) is 2. The third-order valence-corrected chi connectivity index (χ3v) is 3.54. The molecule has 98 valence electrons. The van der Waals surface area contributed by atoms with Gasteiger partial charge in [0.15, 0.2) is 0 Å². The highest BCUT2D eigenvalue weighted by molar-refractivity contribution is 9.11. The van der Waals surface area contributed by atoms with Gasteiger partial charge in [-0.05, 0) is 33.6 Å². The van der Waals surface area contributed by atoms with Gasteiger partial charge in [0.1, 0.15) is 5.75 Å². The summed E-state index contributed by atoms with van der Waals surface area (Å²) >= 11 is 6.65. The summed E-state index contributed by atoms with van der Waals surface area (Å²) in [7, 11) is 0. The molecule has 0 radical (unpaired) electrons. The van der Waals surface area contributed by atoms with E-state index in [4.69, 9.17) is 0 Å². The maximum Gasteiger partial charge on any atom is 0.138 e. The molecule has 0 aliphatic carbocycles. The van der Waals surface area contributed by atoms with Crippen molar-refractivity contribution in [2.24, 2.45) is 5.10 Å². The van der Waals surface area contributed by atoms with E-state index < -0.39 is 0 Å². The first-order valence-corrected chi connectivity index (χ1v) is 7.23. The summed E-state index contributed by atoms with van der Waals surface area (Å²) in [4.78, 5) is 0. The summed E-state index contributed by atoms with van der Waals surface area (Å²) in [5, 5.41) is 14.0. The number of rotatable bonds is 4. The van der Waals surface area contributed by atoms with E-state index in [1.54, 1.807) is 18.3 Å². The molecule has 0 heterocycles. The molecule has 0 fully saturated rings. The fourth-order valence-electron chi connectivity index (χ4n) is 1.53. The van der Waals surface area contributed by atoms with E-state index in [1.807, 2.05) is 30.3 Å². The summed E-state index contributed by atoms with van der Waals surface area (Å²) in [6, 6.07) is 13.6. The Bertz CT molecular complexity index is 585. The molecule has 0 unspecified atom stereocenters. The number of nitrogens with zero attached hydrogens (tertiary/aromatic N) is 1. The molecular weight excluding hydrogens is 372 g/mol. The van der Waals surface area contributed by atoms with Crippen molar-refractivity contribution in [3.8, 4) is 5.75 Å². The van der Waals surface area contributed by atoms with Crippen molar-refractivity contribution >= 4 is 38.1 Å². The van der Waals surface area contributed by atoms with Crippen LogP contribution < -0.4 is 5.43 Å². The SMILES string of the molecule is Oc1c(Br)cc(Br)cc1/C=N/NCc1ccccc1. The van der Waals surface area contributed by atoms with Crippen molar-refractivity contribution in [2.75, 3.05) is 0 Å². The molecule has 2 aromatic carbocycles.